The molecule has 2 heterocycles. The fraction of sp³-hybridized carbons (Fsp3) is 0.0968. The van der Waals surface area contributed by atoms with Gasteiger partial charge in [0, 0.05) is 27.6 Å². The van der Waals surface area contributed by atoms with Crippen molar-refractivity contribution in [1.29, 1.82) is 0 Å². The van der Waals surface area contributed by atoms with Crippen LogP contribution in [0.25, 0.3) is 44.2 Å². The van der Waals surface area contributed by atoms with Crippen molar-refractivity contribution in [3.63, 3.8) is 0 Å². The third-order valence-electron chi connectivity index (χ3n) is 8.06. The van der Waals surface area contributed by atoms with Gasteiger partial charge >= 0.3 is 0 Å². The zero-order valence-electron chi connectivity index (χ0n) is 18.3. The van der Waals surface area contributed by atoms with Gasteiger partial charge in [0.05, 0.1) is 17.1 Å². The fourth-order valence-electron chi connectivity index (χ4n) is 6.66. The minimum Gasteiger partial charge on any atom is -0.377 e. The number of nitrogens with zero attached hydrogens (tertiary/aromatic N) is 1. The number of hydrogen-bond acceptors (Lipinski definition) is 1. The van der Waals surface area contributed by atoms with Gasteiger partial charge in [-0.3, -0.25) is 0 Å². The minimum atomic E-state index is -0.136. The summed E-state index contributed by atoms with van der Waals surface area (Å²) in [4.78, 5) is 0. The molecular formula is C31H22N2. The summed E-state index contributed by atoms with van der Waals surface area (Å²) in [5.41, 5.74) is 11.7. The minimum absolute atomic E-state index is 0.136. The lowest BCUT2D eigenvalue weighted by Crippen LogP contribution is -2.37. The average molecular weight is 423 g/mol. The zero-order chi connectivity index (χ0) is 21.7. The Morgan fingerprint density at radius 1 is 0.727 bits per heavy atom. The van der Waals surface area contributed by atoms with Crippen LogP contribution in [0.1, 0.15) is 18.1 Å². The average Bonchev–Trinajstić information content (AvgIpc) is 3.35. The first-order valence-electron chi connectivity index (χ1n) is 11.7. The maximum Gasteiger partial charge on any atom is 0.0583 e. The van der Waals surface area contributed by atoms with E-state index in [1.807, 2.05) is 0 Å². The summed E-state index contributed by atoms with van der Waals surface area (Å²) in [7, 11) is 0. The molecule has 1 aromatic heterocycles. The molecule has 2 atom stereocenters. The van der Waals surface area contributed by atoms with Crippen molar-refractivity contribution in [3.8, 4) is 16.8 Å². The first kappa shape index (κ1) is 17.5. The summed E-state index contributed by atoms with van der Waals surface area (Å²) >= 11 is 0. The van der Waals surface area contributed by atoms with Gasteiger partial charge in [-0.05, 0) is 65.1 Å². The Labute approximate surface area is 192 Å². The van der Waals surface area contributed by atoms with E-state index in [9.17, 15) is 0 Å². The molecule has 0 amide bonds. The van der Waals surface area contributed by atoms with Crippen molar-refractivity contribution in [2.75, 3.05) is 5.32 Å². The maximum absolute atomic E-state index is 3.86. The van der Waals surface area contributed by atoms with Crippen molar-refractivity contribution in [2.45, 2.75) is 18.4 Å². The van der Waals surface area contributed by atoms with Gasteiger partial charge in [0.1, 0.15) is 0 Å². The van der Waals surface area contributed by atoms with E-state index in [4.69, 9.17) is 0 Å². The molecule has 0 saturated carbocycles. The molecule has 0 bridgehead atoms. The molecule has 0 radical (unpaired) electrons. The molecule has 1 aliphatic heterocycles. The van der Waals surface area contributed by atoms with Crippen LogP contribution in [0.5, 0.6) is 0 Å². The highest BCUT2D eigenvalue weighted by Crippen LogP contribution is 2.58. The smallest absolute Gasteiger partial charge is 0.0583 e. The second-order valence-corrected chi connectivity index (χ2v) is 9.59. The van der Waals surface area contributed by atoms with Gasteiger partial charge in [-0.2, -0.15) is 0 Å². The fourth-order valence-corrected chi connectivity index (χ4v) is 6.66. The lowest BCUT2D eigenvalue weighted by Gasteiger charge is -2.37. The highest BCUT2D eigenvalue weighted by molar-refractivity contribution is 6.21. The number of allylic oxidation sites excluding steroid dienone is 2. The van der Waals surface area contributed by atoms with E-state index in [2.05, 4.69) is 120 Å². The molecule has 2 aliphatic carbocycles. The second kappa shape index (κ2) is 5.85. The van der Waals surface area contributed by atoms with Crippen molar-refractivity contribution in [1.82, 2.24) is 4.57 Å². The first-order chi connectivity index (χ1) is 16.3. The standard InChI is InChI=1S/C31H22N2/c1-31-23-14-8-16-27(31)32-24-17-18-26-29(30(24)31)28-22(20-11-5-6-12-21(20)23)13-7-15-25(28)33(26)19-9-3-2-4-10-19/h2-18,27,32H,1H3. The van der Waals surface area contributed by atoms with Crippen LogP contribution in [0.4, 0.5) is 5.69 Å². The van der Waals surface area contributed by atoms with Gasteiger partial charge in [-0.25, -0.2) is 0 Å². The van der Waals surface area contributed by atoms with Gasteiger partial charge in [-0.15, -0.1) is 0 Å². The number of aromatic nitrogens is 1. The van der Waals surface area contributed by atoms with Crippen LogP contribution in [0.3, 0.4) is 0 Å². The molecule has 2 nitrogen and oxygen atoms in total. The molecule has 33 heavy (non-hydrogen) atoms. The summed E-state index contributed by atoms with van der Waals surface area (Å²) in [6, 6.07) is 31.4. The van der Waals surface area contributed by atoms with Crippen LogP contribution in [0.15, 0.2) is 103 Å². The lowest BCUT2D eigenvalue weighted by molar-refractivity contribution is 0.602. The molecular weight excluding hydrogens is 400 g/mol. The van der Waals surface area contributed by atoms with E-state index in [1.165, 1.54) is 61.0 Å². The van der Waals surface area contributed by atoms with Crippen LogP contribution in [-0.4, -0.2) is 10.6 Å². The van der Waals surface area contributed by atoms with Gasteiger partial charge in [-0.1, -0.05) is 72.8 Å². The van der Waals surface area contributed by atoms with Crippen molar-refractivity contribution in [3.05, 3.63) is 114 Å². The van der Waals surface area contributed by atoms with Crippen molar-refractivity contribution in [2.24, 2.45) is 0 Å². The SMILES string of the molecule is CC12C3=CC=CC1Nc1ccc4c(c12)c1c(cccc1n4-c1ccccc1)-c1ccccc13. The monoisotopic (exact) mass is 422 g/mol. The Morgan fingerprint density at radius 2 is 1.48 bits per heavy atom. The van der Waals surface area contributed by atoms with Gasteiger partial charge in [0.2, 0.25) is 0 Å². The predicted molar refractivity (Wildman–Crippen MR) is 138 cm³/mol. The topological polar surface area (TPSA) is 17.0 Å². The second-order valence-electron chi connectivity index (χ2n) is 9.59. The summed E-state index contributed by atoms with van der Waals surface area (Å²) < 4.78 is 2.45. The molecule has 1 N–H and O–H groups in total. The van der Waals surface area contributed by atoms with Crippen LogP contribution in [0, 0.1) is 0 Å². The number of benzene rings is 4. The molecule has 5 aromatic rings. The normalized spacial score (nSPS) is 21.6. The molecule has 8 rings (SSSR count). The molecule has 0 spiro atoms. The molecule has 3 aliphatic rings. The van der Waals surface area contributed by atoms with E-state index in [0.29, 0.717) is 0 Å². The number of rotatable bonds is 1. The molecule has 2 heteroatoms. The van der Waals surface area contributed by atoms with Crippen LogP contribution < -0.4 is 5.32 Å². The largest absolute Gasteiger partial charge is 0.377 e. The van der Waals surface area contributed by atoms with Crippen molar-refractivity contribution < 1.29 is 0 Å². The summed E-state index contributed by atoms with van der Waals surface area (Å²) in [6.45, 7) is 2.43. The van der Waals surface area contributed by atoms with Gasteiger partial charge in [0.15, 0.2) is 0 Å². The molecule has 2 unspecified atom stereocenters. The summed E-state index contributed by atoms with van der Waals surface area (Å²) in [5, 5.41) is 6.61. The molecule has 0 fully saturated rings. The van der Waals surface area contributed by atoms with E-state index >= 15 is 0 Å². The summed E-state index contributed by atoms with van der Waals surface area (Å²) in [6.07, 6.45) is 6.90. The van der Waals surface area contributed by atoms with E-state index in [-0.39, 0.29) is 11.5 Å². The third-order valence-corrected chi connectivity index (χ3v) is 8.06. The van der Waals surface area contributed by atoms with Gasteiger partial charge in [0.25, 0.3) is 0 Å². The Morgan fingerprint density at radius 3 is 2.36 bits per heavy atom. The number of fused-ring (bicyclic) bond motifs is 3. The first-order valence-corrected chi connectivity index (χ1v) is 11.7. The third kappa shape index (κ3) is 1.96. The summed E-state index contributed by atoms with van der Waals surface area (Å²) in [5.74, 6) is 0. The highest BCUT2D eigenvalue weighted by Gasteiger charge is 2.49. The zero-order valence-corrected chi connectivity index (χ0v) is 18.3. The number of hydrogen-bond donors (Lipinski definition) is 1. The van der Waals surface area contributed by atoms with Gasteiger partial charge < -0.3 is 9.88 Å². The van der Waals surface area contributed by atoms with Crippen molar-refractivity contribution >= 4 is 33.1 Å². The number of para-hydroxylation sites is 1. The van der Waals surface area contributed by atoms with Crippen LogP contribution >= 0.6 is 0 Å². The Kier molecular flexibility index (Phi) is 3.10. The Hall–Kier alpha value is -4.04. The van der Waals surface area contributed by atoms with Crippen LogP contribution in [0.2, 0.25) is 0 Å². The predicted octanol–water partition coefficient (Wildman–Crippen LogP) is 7.47. The van der Waals surface area contributed by atoms with E-state index < -0.39 is 0 Å². The van der Waals surface area contributed by atoms with E-state index in [0.717, 1.165) is 0 Å². The lowest BCUT2D eigenvalue weighted by atomic mass is 9.65. The molecule has 4 aromatic carbocycles. The number of nitrogens with one attached hydrogen (secondary N) is 1. The van der Waals surface area contributed by atoms with Crippen LogP contribution in [-0.2, 0) is 5.41 Å². The molecule has 0 saturated heterocycles. The Bertz CT molecular complexity index is 1700. The Balaban J connectivity index is 1.68. The molecule has 156 valence electrons. The highest BCUT2D eigenvalue weighted by atomic mass is 15.0. The quantitative estimate of drug-likeness (QED) is 0.296. The number of anilines is 1. The maximum atomic E-state index is 3.86. The van der Waals surface area contributed by atoms with E-state index in [1.54, 1.807) is 0 Å².